The zero-order valence-corrected chi connectivity index (χ0v) is 13.8. The highest BCUT2D eigenvalue weighted by atomic mass is 19.1. The predicted octanol–water partition coefficient (Wildman–Crippen LogP) is 2.82. The highest BCUT2D eigenvalue weighted by molar-refractivity contribution is 5.78. The lowest BCUT2D eigenvalue weighted by Crippen LogP contribution is -2.43. The predicted molar refractivity (Wildman–Crippen MR) is 87.0 cm³/mol. The molecule has 1 N–H and O–H groups in total. The average Bonchev–Trinajstić information content (AvgIpc) is 2.55. The number of likely N-dealkylation sites (N-methyl/N-ethyl adjacent to an activating group) is 1. The second kappa shape index (κ2) is 8.07. The Balaban J connectivity index is 1.89. The first-order valence-corrected chi connectivity index (χ1v) is 8.17. The number of amides is 1. The molecule has 1 fully saturated rings. The molecular formula is C18H24FN3O. The smallest absolute Gasteiger partial charge is 0.236 e. The van der Waals surface area contributed by atoms with Gasteiger partial charge in [-0.15, -0.1) is 0 Å². The standard InChI is InChI=1S/C18H24FN3O/c1-13-5-3-4-6-17(13)21-11-18(23)22(2)12-15-9-14(10-20)7-8-16(15)19/h7-9,13,17,21H,3-6,11-12H2,1-2H3. The van der Waals surface area contributed by atoms with E-state index in [4.69, 9.17) is 5.26 Å². The lowest BCUT2D eigenvalue weighted by atomic mass is 9.86. The third kappa shape index (κ3) is 4.77. The molecule has 1 aromatic carbocycles. The van der Waals surface area contributed by atoms with E-state index in [0.717, 1.165) is 6.42 Å². The Kier molecular flexibility index (Phi) is 6.12. The molecule has 1 saturated carbocycles. The molecule has 2 unspecified atom stereocenters. The van der Waals surface area contributed by atoms with E-state index in [9.17, 15) is 9.18 Å². The Morgan fingerprint density at radius 2 is 2.17 bits per heavy atom. The summed E-state index contributed by atoms with van der Waals surface area (Å²) in [6, 6.07) is 6.58. The number of hydrogen-bond donors (Lipinski definition) is 1. The minimum Gasteiger partial charge on any atom is -0.340 e. The highest BCUT2D eigenvalue weighted by Gasteiger charge is 2.22. The van der Waals surface area contributed by atoms with Crippen molar-refractivity contribution in [2.24, 2.45) is 5.92 Å². The maximum absolute atomic E-state index is 13.8. The molecular weight excluding hydrogens is 293 g/mol. The third-order valence-electron chi connectivity index (χ3n) is 4.64. The maximum Gasteiger partial charge on any atom is 0.236 e. The van der Waals surface area contributed by atoms with Crippen molar-refractivity contribution < 1.29 is 9.18 Å². The van der Waals surface area contributed by atoms with Crippen molar-refractivity contribution in [3.8, 4) is 6.07 Å². The first-order chi connectivity index (χ1) is 11.0. The average molecular weight is 317 g/mol. The lowest BCUT2D eigenvalue weighted by Gasteiger charge is -2.30. The van der Waals surface area contributed by atoms with Gasteiger partial charge in [0.25, 0.3) is 0 Å². The van der Waals surface area contributed by atoms with E-state index in [1.807, 2.05) is 6.07 Å². The molecule has 0 spiro atoms. The summed E-state index contributed by atoms with van der Waals surface area (Å²) in [5.41, 5.74) is 0.766. The van der Waals surface area contributed by atoms with Gasteiger partial charge >= 0.3 is 0 Å². The van der Waals surface area contributed by atoms with Crippen molar-refractivity contribution in [1.82, 2.24) is 10.2 Å². The zero-order chi connectivity index (χ0) is 16.8. The molecule has 2 atom stereocenters. The largest absolute Gasteiger partial charge is 0.340 e. The van der Waals surface area contributed by atoms with Crippen molar-refractivity contribution in [2.75, 3.05) is 13.6 Å². The summed E-state index contributed by atoms with van der Waals surface area (Å²) < 4.78 is 13.8. The van der Waals surface area contributed by atoms with Crippen LogP contribution in [0.1, 0.15) is 43.7 Å². The van der Waals surface area contributed by atoms with E-state index in [-0.39, 0.29) is 19.0 Å². The number of nitriles is 1. The molecule has 0 radical (unpaired) electrons. The van der Waals surface area contributed by atoms with Gasteiger partial charge < -0.3 is 10.2 Å². The van der Waals surface area contributed by atoms with Gasteiger partial charge in [-0.25, -0.2) is 4.39 Å². The Hall–Kier alpha value is -1.93. The van der Waals surface area contributed by atoms with Gasteiger partial charge in [0.15, 0.2) is 0 Å². The second-order valence-corrected chi connectivity index (χ2v) is 6.42. The Bertz CT molecular complexity index is 596. The zero-order valence-electron chi connectivity index (χ0n) is 13.8. The van der Waals surface area contributed by atoms with Crippen LogP contribution in [0.5, 0.6) is 0 Å². The molecule has 5 heteroatoms. The Morgan fingerprint density at radius 3 is 2.87 bits per heavy atom. The number of nitrogens with one attached hydrogen (secondary N) is 1. The van der Waals surface area contributed by atoms with E-state index in [0.29, 0.717) is 23.1 Å². The lowest BCUT2D eigenvalue weighted by molar-refractivity contribution is -0.129. The second-order valence-electron chi connectivity index (χ2n) is 6.42. The maximum atomic E-state index is 13.8. The number of carbonyl (C=O) groups excluding carboxylic acids is 1. The van der Waals surface area contributed by atoms with Gasteiger partial charge in [-0.1, -0.05) is 19.8 Å². The van der Waals surface area contributed by atoms with Crippen molar-refractivity contribution in [2.45, 2.75) is 45.2 Å². The van der Waals surface area contributed by atoms with Crippen LogP contribution in [0.2, 0.25) is 0 Å². The Morgan fingerprint density at radius 1 is 1.43 bits per heavy atom. The van der Waals surface area contributed by atoms with E-state index < -0.39 is 5.82 Å². The monoisotopic (exact) mass is 317 g/mol. The van der Waals surface area contributed by atoms with Crippen molar-refractivity contribution in [3.05, 3.63) is 35.1 Å². The molecule has 1 aliphatic rings. The minimum atomic E-state index is -0.391. The summed E-state index contributed by atoms with van der Waals surface area (Å²) in [6.45, 7) is 2.65. The van der Waals surface area contributed by atoms with Crippen LogP contribution < -0.4 is 5.32 Å². The fourth-order valence-corrected chi connectivity index (χ4v) is 3.08. The number of benzene rings is 1. The molecule has 23 heavy (non-hydrogen) atoms. The Labute approximate surface area is 137 Å². The van der Waals surface area contributed by atoms with Crippen LogP contribution in [0.25, 0.3) is 0 Å². The van der Waals surface area contributed by atoms with Gasteiger partial charge in [0.1, 0.15) is 5.82 Å². The number of hydrogen-bond acceptors (Lipinski definition) is 3. The number of rotatable bonds is 5. The van der Waals surface area contributed by atoms with E-state index in [1.54, 1.807) is 7.05 Å². The van der Waals surface area contributed by atoms with E-state index >= 15 is 0 Å². The quantitative estimate of drug-likeness (QED) is 0.908. The molecule has 1 aromatic rings. The first-order valence-electron chi connectivity index (χ1n) is 8.17. The van der Waals surface area contributed by atoms with Crippen LogP contribution in [-0.4, -0.2) is 30.4 Å². The molecule has 124 valence electrons. The van der Waals surface area contributed by atoms with Gasteiger partial charge in [0.2, 0.25) is 5.91 Å². The van der Waals surface area contributed by atoms with Crippen LogP contribution >= 0.6 is 0 Å². The summed E-state index contributed by atoms with van der Waals surface area (Å²) in [5.74, 6) is 0.133. The van der Waals surface area contributed by atoms with E-state index in [2.05, 4.69) is 12.2 Å². The molecule has 1 amide bonds. The first kappa shape index (κ1) is 17.4. The van der Waals surface area contributed by atoms with Crippen molar-refractivity contribution >= 4 is 5.91 Å². The molecule has 1 aliphatic carbocycles. The summed E-state index contributed by atoms with van der Waals surface area (Å²) in [6.07, 6.45) is 4.78. The molecule has 0 bridgehead atoms. The summed E-state index contributed by atoms with van der Waals surface area (Å²) in [4.78, 5) is 13.7. The molecule has 0 aromatic heterocycles. The van der Waals surface area contributed by atoms with Gasteiger partial charge in [-0.05, 0) is 37.0 Å². The number of carbonyl (C=O) groups is 1. The van der Waals surface area contributed by atoms with Gasteiger partial charge in [-0.3, -0.25) is 4.79 Å². The van der Waals surface area contributed by atoms with Gasteiger partial charge in [0.05, 0.1) is 18.2 Å². The molecule has 4 nitrogen and oxygen atoms in total. The highest BCUT2D eigenvalue weighted by Crippen LogP contribution is 2.23. The number of halogens is 1. The van der Waals surface area contributed by atoms with Crippen LogP contribution in [0.15, 0.2) is 18.2 Å². The summed E-state index contributed by atoms with van der Waals surface area (Å²) in [7, 11) is 1.66. The van der Waals surface area contributed by atoms with Crippen molar-refractivity contribution in [3.63, 3.8) is 0 Å². The number of nitrogens with zero attached hydrogens (tertiary/aromatic N) is 2. The molecule has 2 rings (SSSR count). The SMILES string of the molecule is CC1CCCCC1NCC(=O)N(C)Cc1cc(C#N)ccc1F. The van der Waals surface area contributed by atoms with Crippen LogP contribution in [-0.2, 0) is 11.3 Å². The molecule has 0 aliphatic heterocycles. The fraction of sp³-hybridized carbons (Fsp3) is 0.556. The normalized spacial score (nSPS) is 20.8. The van der Waals surface area contributed by atoms with Crippen LogP contribution in [0.3, 0.4) is 0 Å². The summed E-state index contributed by atoms with van der Waals surface area (Å²) >= 11 is 0. The van der Waals surface area contributed by atoms with Crippen molar-refractivity contribution in [1.29, 1.82) is 5.26 Å². The fourth-order valence-electron chi connectivity index (χ4n) is 3.08. The van der Waals surface area contributed by atoms with Gasteiger partial charge in [0, 0.05) is 25.2 Å². The van der Waals surface area contributed by atoms with Crippen LogP contribution in [0.4, 0.5) is 4.39 Å². The van der Waals surface area contributed by atoms with E-state index in [1.165, 1.54) is 42.4 Å². The summed E-state index contributed by atoms with van der Waals surface area (Å²) in [5, 5.41) is 12.2. The molecule has 0 heterocycles. The topological polar surface area (TPSA) is 56.1 Å². The third-order valence-corrected chi connectivity index (χ3v) is 4.64. The van der Waals surface area contributed by atoms with Crippen LogP contribution in [0, 0.1) is 23.1 Å². The van der Waals surface area contributed by atoms with Gasteiger partial charge in [-0.2, -0.15) is 5.26 Å². The minimum absolute atomic E-state index is 0.0652. The molecule has 0 saturated heterocycles.